The average molecular weight is 659 g/mol. The van der Waals surface area contributed by atoms with Crippen LogP contribution in [-0.4, -0.2) is 134 Å². The predicted molar refractivity (Wildman–Crippen MR) is 165 cm³/mol. The number of hydrogen-bond acceptors (Lipinski definition) is 14. The molecule has 0 saturated carbocycles. The molecular weight excluding hydrogens is 608 g/mol. The summed E-state index contributed by atoms with van der Waals surface area (Å²) in [5.41, 5.74) is 13.6. The highest BCUT2D eigenvalue weighted by Crippen LogP contribution is 2.17. The van der Waals surface area contributed by atoms with Crippen LogP contribution in [0.3, 0.4) is 0 Å². The molecule has 0 bridgehead atoms. The molecule has 0 saturated heterocycles. The van der Waals surface area contributed by atoms with Crippen molar-refractivity contribution in [1.82, 2.24) is 10.8 Å². The summed E-state index contributed by atoms with van der Waals surface area (Å²) in [6.45, 7) is 7.14. The molecule has 43 heavy (non-hydrogen) atoms. The van der Waals surface area contributed by atoms with Gasteiger partial charge in [-0.2, -0.15) is 17.2 Å². The Labute approximate surface area is 262 Å². The third kappa shape index (κ3) is 26.5. The number of nitrogens with two attached hydrogens (primary N) is 2. The van der Waals surface area contributed by atoms with Crippen molar-refractivity contribution in [3.63, 3.8) is 0 Å². The minimum atomic E-state index is -1.15. The number of carboxylic acid groups (broad SMARTS) is 2. The van der Waals surface area contributed by atoms with Gasteiger partial charge in [0, 0.05) is 24.5 Å². The quantitative estimate of drug-likeness (QED) is 0.0221. The molecule has 0 aromatic carbocycles. The van der Waals surface area contributed by atoms with Crippen LogP contribution in [-0.2, 0) is 38.2 Å². The van der Waals surface area contributed by atoms with Crippen molar-refractivity contribution >= 4 is 41.4 Å². The Morgan fingerprint density at radius 3 is 1.93 bits per heavy atom. The highest BCUT2D eigenvalue weighted by molar-refractivity contribution is 8.00. The van der Waals surface area contributed by atoms with Crippen LogP contribution in [0.25, 0.3) is 0 Å². The topological polar surface area (TPSA) is 234 Å². The van der Waals surface area contributed by atoms with Crippen LogP contribution >= 0.6 is 23.5 Å². The molecule has 0 aliphatic rings. The average Bonchev–Trinajstić information content (AvgIpc) is 2.96. The summed E-state index contributed by atoms with van der Waals surface area (Å²) in [7, 11) is 0. The van der Waals surface area contributed by atoms with Crippen LogP contribution in [0.1, 0.15) is 25.7 Å². The molecule has 0 rings (SSSR count). The first-order chi connectivity index (χ1) is 20.7. The van der Waals surface area contributed by atoms with Gasteiger partial charge in [-0.05, 0) is 31.6 Å². The molecule has 0 aliphatic carbocycles. The summed E-state index contributed by atoms with van der Waals surface area (Å²) in [5, 5.41) is 29.2. The molecule has 0 spiro atoms. The van der Waals surface area contributed by atoms with Crippen molar-refractivity contribution < 1.29 is 53.5 Å². The summed E-state index contributed by atoms with van der Waals surface area (Å²) in [4.78, 5) is 39.7. The lowest BCUT2D eigenvalue weighted by atomic mass is 10.1. The molecular formula is C26H50N4O11S2. The second-order valence-corrected chi connectivity index (χ2v) is 11.5. The summed E-state index contributed by atoms with van der Waals surface area (Å²) < 4.78 is 21.7. The smallest absolute Gasteiger partial charge is 0.317 e. The highest BCUT2D eigenvalue weighted by atomic mass is 32.2. The van der Waals surface area contributed by atoms with Gasteiger partial charge in [0.05, 0.1) is 71.5 Å². The van der Waals surface area contributed by atoms with Gasteiger partial charge in [0.25, 0.3) is 0 Å². The second-order valence-electron chi connectivity index (χ2n) is 9.08. The van der Waals surface area contributed by atoms with E-state index in [0.717, 1.165) is 30.4 Å². The van der Waals surface area contributed by atoms with Gasteiger partial charge in [-0.15, -0.1) is 11.8 Å². The van der Waals surface area contributed by atoms with Gasteiger partial charge in [-0.1, -0.05) is 6.58 Å². The third-order valence-corrected chi connectivity index (χ3v) is 8.02. The largest absolute Gasteiger partial charge is 0.511 e. The van der Waals surface area contributed by atoms with E-state index in [4.69, 9.17) is 35.3 Å². The maximum absolute atomic E-state index is 11.9. The minimum absolute atomic E-state index is 0.0189. The number of ether oxygens (including phenoxy) is 4. The zero-order valence-electron chi connectivity index (χ0n) is 24.7. The molecule has 0 radical (unpaired) electrons. The minimum Gasteiger partial charge on any atom is -0.511 e. The van der Waals surface area contributed by atoms with Crippen molar-refractivity contribution in [3.05, 3.63) is 12.3 Å². The lowest BCUT2D eigenvalue weighted by Crippen LogP contribution is -2.37. The fourth-order valence-electron chi connectivity index (χ4n) is 2.97. The molecule has 252 valence electrons. The zero-order chi connectivity index (χ0) is 32.1. The molecule has 9 N–H and O–H groups in total. The number of carbonyl (C=O) groups is 3. The monoisotopic (exact) mass is 658 g/mol. The summed E-state index contributed by atoms with van der Waals surface area (Å²) in [5.74, 6) is -1.49. The summed E-state index contributed by atoms with van der Waals surface area (Å²) >= 11 is 2.59. The van der Waals surface area contributed by atoms with Gasteiger partial charge in [0.2, 0.25) is 5.91 Å². The van der Waals surface area contributed by atoms with E-state index in [1.165, 1.54) is 0 Å². The van der Waals surface area contributed by atoms with Gasteiger partial charge in [-0.25, -0.2) is 0 Å². The van der Waals surface area contributed by atoms with Gasteiger partial charge in [0.15, 0.2) is 0 Å². The number of thioether (sulfide) groups is 2. The van der Waals surface area contributed by atoms with Crippen molar-refractivity contribution in [1.29, 1.82) is 0 Å². The Kier molecular flexibility index (Phi) is 27.9. The number of rotatable bonds is 32. The summed E-state index contributed by atoms with van der Waals surface area (Å²) in [6, 6.07) is -0.769. The third-order valence-electron chi connectivity index (χ3n) is 5.48. The van der Waals surface area contributed by atoms with Crippen LogP contribution in [0.5, 0.6) is 0 Å². The van der Waals surface area contributed by atoms with Crippen molar-refractivity contribution in [3.8, 4) is 0 Å². The van der Waals surface area contributed by atoms with Gasteiger partial charge in [-0.3, -0.25) is 19.2 Å². The van der Waals surface area contributed by atoms with Crippen molar-refractivity contribution in [2.75, 3.05) is 89.9 Å². The zero-order valence-corrected chi connectivity index (χ0v) is 26.4. The van der Waals surface area contributed by atoms with Crippen LogP contribution in [0.15, 0.2) is 12.3 Å². The molecule has 3 unspecified atom stereocenters. The maximum Gasteiger partial charge on any atom is 0.317 e. The molecule has 0 aliphatic heterocycles. The fraction of sp³-hybridized carbons (Fsp3) is 0.808. The van der Waals surface area contributed by atoms with E-state index >= 15 is 0 Å². The van der Waals surface area contributed by atoms with E-state index in [-0.39, 0.29) is 31.2 Å². The van der Waals surface area contributed by atoms with Gasteiger partial charge >= 0.3 is 11.9 Å². The number of aliphatic hydroxyl groups excluding tert-OH is 1. The highest BCUT2D eigenvalue weighted by Gasteiger charge is 2.23. The number of nitrogens with one attached hydrogen (secondary N) is 2. The number of amides is 1. The molecule has 1 amide bonds. The Hall–Kier alpha value is -1.67. The fourth-order valence-corrected chi connectivity index (χ4v) is 5.18. The molecule has 0 fully saturated rings. The second kappa shape index (κ2) is 29.1. The van der Waals surface area contributed by atoms with Gasteiger partial charge in [0.1, 0.15) is 11.0 Å². The lowest BCUT2D eigenvalue weighted by Gasteiger charge is -2.15. The number of carboxylic acids is 2. The Morgan fingerprint density at radius 1 is 0.814 bits per heavy atom. The van der Waals surface area contributed by atoms with Crippen LogP contribution in [0.4, 0.5) is 0 Å². The first kappa shape index (κ1) is 41.3. The first-order valence-corrected chi connectivity index (χ1v) is 16.3. The van der Waals surface area contributed by atoms with E-state index in [2.05, 4.69) is 17.4 Å². The number of carbonyl (C=O) groups excluding carboxylic acids is 1. The van der Waals surface area contributed by atoms with Crippen LogP contribution in [0, 0.1) is 5.92 Å². The molecule has 0 aromatic heterocycles. The Morgan fingerprint density at radius 2 is 1.40 bits per heavy atom. The molecule has 0 heterocycles. The number of unbranched alkanes of at least 4 members (excludes halogenated alkanes) is 1. The SMILES string of the molecule is C=C(O)C(N)CSC(CC(=O)NCNOCCOCCOCCOCCOCCC(CSCCCCN)C(=O)O)C(=O)O. The molecule has 15 nitrogen and oxygen atoms in total. The van der Waals surface area contributed by atoms with Gasteiger partial charge < -0.3 is 51.1 Å². The maximum atomic E-state index is 11.9. The van der Waals surface area contributed by atoms with E-state index in [0.29, 0.717) is 71.6 Å². The molecule has 17 heteroatoms. The summed E-state index contributed by atoms with van der Waals surface area (Å²) in [6.07, 6.45) is 2.16. The lowest BCUT2D eigenvalue weighted by molar-refractivity contribution is -0.141. The molecule has 0 aromatic rings. The van der Waals surface area contributed by atoms with E-state index in [1.54, 1.807) is 11.8 Å². The normalized spacial score (nSPS) is 13.3. The Balaban J connectivity index is 3.54. The first-order valence-electron chi connectivity index (χ1n) is 14.1. The van der Waals surface area contributed by atoms with Crippen LogP contribution in [0.2, 0.25) is 0 Å². The van der Waals surface area contributed by atoms with E-state index in [9.17, 15) is 29.7 Å². The number of aliphatic hydroxyl groups is 1. The number of hydroxylamine groups is 1. The number of aliphatic carboxylic acids is 2. The van der Waals surface area contributed by atoms with Crippen LogP contribution < -0.4 is 22.3 Å². The van der Waals surface area contributed by atoms with Crippen molar-refractivity contribution in [2.45, 2.75) is 37.0 Å². The van der Waals surface area contributed by atoms with Crippen molar-refractivity contribution in [2.24, 2.45) is 17.4 Å². The molecule has 3 atom stereocenters. The predicted octanol–water partition coefficient (Wildman–Crippen LogP) is 0.186. The Bertz CT molecular complexity index is 756. The standard InChI is InChI=1S/C26H50N4O11S2/c1-20(31)22(28)18-43-23(26(35)36)16-24(32)29-19-30-41-14-13-40-12-11-39-10-9-38-8-7-37-6-4-21(25(33)34)17-42-15-3-2-5-27/h21-23,30-31H,1-19,27-28H2,(H,29,32)(H,33,34)(H,35,36). The number of hydrogen-bond donors (Lipinski definition) is 7. The van der Waals surface area contributed by atoms with E-state index in [1.807, 2.05) is 0 Å². The van der Waals surface area contributed by atoms with E-state index < -0.39 is 35.1 Å².